The van der Waals surface area contributed by atoms with Crippen molar-refractivity contribution in [1.82, 2.24) is 25.8 Å². The highest BCUT2D eigenvalue weighted by molar-refractivity contribution is 5.98. The molecule has 0 atom stereocenters. The van der Waals surface area contributed by atoms with Gasteiger partial charge in [0, 0.05) is 0 Å². The Balaban J connectivity index is 1.86. The molecule has 2 N–H and O–H groups in total. The molecule has 7 nitrogen and oxygen atoms in total. The second-order valence-corrected chi connectivity index (χ2v) is 5.56. The van der Waals surface area contributed by atoms with Gasteiger partial charge in [-0.2, -0.15) is 13.2 Å². The van der Waals surface area contributed by atoms with Crippen molar-refractivity contribution in [3.63, 3.8) is 0 Å². The van der Waals surface area contributed by atoms with Crippen molar-refractivity contribution in [2.75, 3.05) is 0 Å². The third kappa shape index (κ3) is 4.20. The minimum absolute atomic E-state index is 0.194. The lowest BCUT2D eigenvalue weighted by molar-refractivity contribution is -0.143. The lowest BCUT2D eigenvalue weighted by Gasteiger charge is -2.11. The topological polar surface area (TPSA) is 88.9 Å². The highest BCUT2D eigenvalue weighted by atomic mass is 19.4. The molecule has 0 radical (unpaired) electrons. The van der Waals surface area contributed by atoms with Gasteiger partial charge in [-0.25, -0.2) is 13.5 Å². The Bertz CT molecular complexity index is 1060. The number of aromatic nitrogens is 3. The molecule has 1 heterocycles. The molecular weight excluding hydrogens is 401 g/mol. The zero-order valence-corrected chi connectivity index (χ0v) is 14.2. The van der Waals surface area contributed by atoms with E-state index in [1.165, 1.54) is 12.1 Å². The second-order valence-electron chi connectivity index (χ2n) is 5.56. The summed E-state index contributed by atoms with van der Waals surface area (Å²) in [5.41, 5.74) is 0.222. The van der Waals surface area contributed by atoms with Crippen LogP contribution >= 0.6 is 0 Å². The van der Waals surface area contributed by atoms with Crippen LogP contribution in [0.5, 0.6) is 0 Å². The first kappa shape index (κ1) is 19.9. The van der Waals surface area contributed by atoms with Gasteiger partial charge in [-0.15, -0.1) is 5.10 Å². The van der Waals surface area contributed by atoms with Gasteiger partial charge in [-0.1, -0.05) is 17.3 Å². The first-order chi connectivity index (χ1) is 13.7. The number of rotatable bonds is 3. The van der Waals surface area contributed by atoms with Gasteiger partial charge in [-0.05, 0) is 36.4 Å². The molecule has 3 aromatic rings. The summed E-state index contributed by atoms with van der Waals surface area (Å²) in [5, 5.41) is 6.51. The van der Waals surface area contributed by atoms with E-state index in [9.17, 15) is 31.5 Å². The highest BCUT2D eigenvalue weighted by Gasteiger charge is 2.42. The molecule has 0 bridgehead atoms. The maximum atomic E-state index is 13.6. The zero-order chi connectivity index (χ0) is 21.2. The summed E-state index contributed by atoms with van der Waals surface area (Å²) >= 11 is 0. The van der Waals surface area contributed by atoms with Crippen LogP contribution in [-0.2, 0) is 6.18 Å². The number of nitrogens with zero attached hydrogens (tertiary/aromatic N) is 3. The van der Waals surface area contributed by atoms with Crippen LogP contribution in [0.3, 0.4) is 0 Å². The van der Waals surface area contributed by atoms with E-state index in [1.807, 2.05) is 0 Å². The Morgan fingerprint density at radius 1 is 0.897 bits per heavy atom. The third-order valence-electron chi connectivity index (χ3n) is 3.63. The third-order valence-corrected chi connectivity index (χ3v) is 3.63. The van der Waals surface area contributed by atoms with E-state index in [-0.39, 0.29) is 5.69 Å². The Morgan fingerprint density at radius 2 is 1.52 bits per heavy atom. The maximum absolute atomic E-state index is 13.6. The van der Waals surface area contributed by atoms with Crippen molar-refractivity contribution >= 4 is 11.8 Å². The van der Waals surface area contributed by atoms with Crippen LogP contribution in [0, 0.1) is 11.6 Å². The maximum Gasteiger partial charge on any atom is 0.435 e. The minimum Gasteiger partial charge on any atom is -0.267 e. The first-order valence-electron chi connectivity index (χ1n) is 7.82. The molecule has 150 valence electrons. The smallest absolute Gasteiger partial charge is 0.267 e. The largest absolute Gasteiger partial charge is 0.435 e. The predicted octanol–water partition coefficient (Wildman–Crippen LogP) is 2.64. The molecule has 12 heteroatoms. The molecule has 0 aliphatic carbocycles. The summed E-state index contributed by atoms with van der Waals surface area (Å²) < 4.78 is 67.4. The van der Waals surface area contributed by atoms with Gasteiger partial charge >= 0.3 is 6.18 Å². The fourth-order valence-electron chi connectivity index (χ4n) is 2.34. The molecule has 0 saturated heterocycles. The number of amides is 2. The molecule has 3 rings (SSSR count). The Kier molecular flexibility index (Phi) is 5.26. The van der Waals surface area contributed by atoms with Crippen LogP contribution in [0.1, 0.15) is 26.5 Å². The zero-order valence-electron chi connectivity index (χ0n) is 14.2. The Labute approximate surface area is 159 Å². The van der Waals surface area contributed by atoms with E-state index >= 15 is 0 Å². The van der Waals surface area contributed by atoms with E-state index in [4.69, 9.17) is 0 Å². The van der Waals surface area contributed by atoms with Gasteiger partial charge in [0.15, 0.2) is 11.4 Å². The molecule has 0 aliphatic heterocycles. The Morgan fingerprint density at radius 3 is 2.14 bits per heavy atom. The van der Waals surface area contributed by atoms with Gasteiger partial charge in [0.1, 0.15) is 11.6 Å². The number of nitrogens with one attached hydrogen (secondary N) is 2. The highest BCUT2D eigenvalue weighted by Crippen LogP contribution is 2.32. The number of halogens is 5. The van der Waals surface area contributed by atoms with Crippen molar-refractivity contribution in [3.05, 3.63) is 77.1 Å². The van der Waals surface area contributed by atoms with Crippen LogP contribution in [0.2, 0.25) is 0 Å². The fourth-order valence-corrected chi connectivity index (χ4v) is 2.34. The van der Waals surface area contributed by atoms with Gasteiger partial charge in [0.05, 0.1) is 11.3 Å². The van der Waals surface area contributed by atoms with Crippen LogP contribution in [0.4, 0.5) is 22.0 Å². The van der Waals surface area contributed by atoms with Crippen molar-refractivity contribution in [3.8, 4) is 5.69 Å². The molecule has 0 saturated carbocycles. The molecule has 0 fully saturated rings. The van der Waals surface area contributed by atoms with Gasteiger partial charge in [-0.3, -0.25) is 20.4 Å². The van der Waals surface area contributed by atoms with Crippen molar-refractivity contribution in [1.29, 1.82) is 0 Å². The lowest BCUT2D eigenvalue weighted by Crippen LogP contribution is -2.42. The fraction of sp³-hybridized carbons (Fsp3) is 0.0588. The standard InChI is InChI=1S/C17H10F5N5O2/c18-9-5-7-10(8-6-9)27-14(17(20,21)22)13(23-26-27)16(29)25-24-15(28)11-3-1-2-4-12(11)19/h1-8H,(H,24,28)(H,25,29). The van der Waals surface area contributed by atoms with Gasteiger partial charge in [0.2, 0.25) is 0 Å². The van der Waals surface area contributed by atoms with Gasteiger partial charge < -0.3 is 0 Å². The van der Waals surface area contributed by atoms with Crippen molar-refractivity contribution in [2.24, 2.45) is 0 Å². The molecular formula is C17H10F5N5O2. The van der Waals surface area contributed by atoms with Gasteiger partial charge in [0.25, 0.3) is 11.8 Å². The molecule has 1 aromatic heterocycles. The normalized spacial score (nSPS) is 11.2. The van der Waals surface area contributed by atoms with E-state index < -0.39 is 46.6 Å². The van der Waals surface area contributed by atoms with Crippen molar-refractivity contribution in [2.45, 2.75) is 6.18 Å². The number of benzene rings is 2. The first-order valence-corrected chi connectivity index (χ1v) is 7.82. The van der Waals surface area contributed by atoms with E-state index in [2.05, 4.69) is 10.3 Å². The average Bonchev–Trinajstić information content (AvgIpc) is 3.12. The second kappa shape index (κ2) is 7.66. The average molecular weight is 411 g/mol. The van der Waals surface area contributed by atoms with E-state index in [0.29, 0.717) is 4.68 Å². The summed E-state index contributed by atoms with van der Waals surface area (Å²) in [7, 11) is 0. The number of hydrazine groups is 1. The number of hydrogen-bond acceptors (Lipinski definition) is 4. The minimum atomic E-state index is -5.06. The van der Waals surface area contributed by atoms with E-state index in [1.54, 1.807) is 10.9 Å². The number of alkyl halides is 3. The quantitative estimate of drug-likeness (QED) is 0.512. The monoisotopic (exact) mass is 411 g/mol. The molecule has 29 heavy (non-hydrogen) atoms. The predicted molar refractivity (Wildman–Crippen MR) is 87.7 cm³/mol. The lowest BCUT2D eigenvalue weighted by atomic mass is 10.2. The van der Waals surface area contributed by atoms with Crippen LogP contribution in [0.15, 0.2) is 48.5 Å². The molecule has 0 aliphatic rings. The number of hydrogen-bond donors (Lipinski definition) is 2. The number of carbonyl (C=O) groups is 2. The van der Waals surface area contributed by atoms with Crippen molar-refractivity contribution < 1.29 is 31.5 Å². The molecule has 2 amide bonds. The molecule has 2 aromatic carbocycles. The van der Waals surface area contributed by atoms with Crippen LogP contribution in [0.25, 0.3) is 5.69 Å². The van der Waals surface area contributed by atoms with Crippen LogP contribution < -0.4 is 10.9 Å². The summed E-state index contributed by atoms with van der Waals surface area (Å²) in [4.78, 5) is 24.0. The number of carbonyl (C=O) groups excluding carboxylic acids is 2. The summed E-state index contributed by atoms with van der Waals surface area (Å²) in [5.74, 6) is -4.10. The van der Waals surface area contributed by atoms with Crippen LogP contribution in [-0.4, -0.2) is 26.8 Å². The van der Waals surface area contributed by atoms with E-state index in [0.717, 1.165) is 36.4 Å². The molecule has 0 spiro atoms. The summed E-state index contributed by atoms with van der Waals surface area (Å²) in [6, 6.07) is 8.64. The SMILES string of the molecule is O=C(NNC(=O)c1nnn(-c2ccc(F)cc2)c1C(F)(F)F)c1ccccc1F. The summed E-state index contributed by atoms with van der Waals surface area (Å²) in [6.07, 6.45) is -5.06. The Hall–Kier alpha value is -3.83. The summed E-state index contributed by atoms with van der Waals surface area (Å²) in [6.45, 7) is 0. The molecule has 0 unspecified atom stereocenters.